The van der Waals surface area contributed by atoms with Crippen molar-refractivity contribution in [3.63, 3.8) is 0 Å². The van der Waals surface area contributed by atoms with Gasteiger partial charge in [0.1, 0.15) is 23.9 Å². The topological polar surface area (TPSA) is 44.8 Å². The minimum atomic E-state index is -0.288. The van der Waals surface area contributed by atoms with Crippen molar-refractivity contribution in [1.82, 2.24) is 0 Å². The molecule has 0 saturated heterocycles. The second-order valence-corrected chi connectivity index (χ2v) is 10.1. The smallest absolute Gasteiger partial charge is 0.306 e. The molecule has 0 N–H and O–H groups in total. The fourth-order valence-corrected chi connectivity index (χ4v) is 4.42. The largest absolute Gasteiger partial charge is 0.497 e. The van der Waals surface area contributed by atoms with Crippen molar-refractivity contribution in [2.24, 2.45) is 0 Å². The summed E-state index contributed by atoms with van der Waals surface area (Å²) in [6, 6.07) is 18.8. The van der Waals surface area contributed by atoms with Crippen molar-refractivity contribution in [3.05, 3.63) is 83.2 Å². The van der Waals surface area contributed by atoms with Crippen LogP contribution in [0.4, 0.5) is 4.39 Å². The second kappa shape index (κ2) is 12.1. The van der Waals surface area contributed by atoms with E-state index in [1.165, 1.54) is 13.2 Å². The summed E-state index contributed by atoms with van der Waals surface area (Å²) in [6.07, 6.45) is 2.27. The van der Waals surface area contributed by atoms with Crippen LogP contribution in [0, 0.1) is 5.82 Å². The summed E-state index contributed by atoms with van der Waals surface area (Å²) >= 11 is 0. The van der Waals surface area contributed by atoms with Gasteiger partial charge in [-0.15, -0.1) is 0 Å². The molecule has 0 saturated carbocycles. The average Bonchev–Trinajstić information content (AvgIpc) is 2.87. The Balaban J connectivity index is 1.82. The molecular weight excluding hydrogens is 455 g/mol. The predicted octanol–water partition coefficient (Wildman–Crippen LogP) is 7.82. The van der Waals surface area contributed by atoms with Gasteiger partial charge < -0.3 is 14.2 Å². The molecular formula is C31H37FO4. The normalized spacial score (nSPS) is 12.2. The van der Waals surface area contributed by atoms with E-state index in [0.29, 0.717) is 24.3 Å². The van der Waals surface area contributed by atoms with Gasteiger partial charge in [0, 0.05) is 5.56 Å². The fraction of sp³-hybridized carbons (Fsp3) is 0.387. The van der Waals surface area contributed by atoms with Crippen molar-refractivity contribution < 1.29 is 23.4 Å². The molecule has 0 bridgehead atoms. The Kier molecular flexibility index (Phi) is 9.14. The van der Waals surface area contributed by atoms with Crippen LogP contribution in [0.3, 0.4) is 0 Å². The maximum atomic E-state index is 14.9. The SMILES string of the molecule is CCC[C@@H](CC(=O)OC)c1ccc(OCc2ccc(C(C)(C)C)c(-c3cc(OC)ccc3F)c2)cc1. The van der Waals surface area contributed by atoms with Crippen molar-refractivity contribution in [2.45, 2.75) is 64.9 Å². The molecule has 3 aromatic rings. The number of carbonyl (C=O) groups excluding carboxylic acids is 1. The number of rotatable bonds is 10. The molecule has 3 rings (SSSR count). The van der Waals surface area contributed by atoms with Crippen molar-refractivity contribution in [1.29, 1.82) is 0 Å². The number of carbonyl (C=O) groups is 1. The summed E-state index contributed by atoms with van der Waals surface area (Å²) in [5.74, 6) is 0.990. The standard InChI is InChI=1S/C31H37FO4/c1-7-8-23(18-30(33)35-6)22-10-12-24(13-11-22)36-20-21-9-15-28(31(2,3)4)26(17-21)27-19-25(34-5)14-16-29(27)32/h9-17,19,23H,7-8,18,20H2,1-6H3/t23-/m0/s1. The monoisotopic (exact) mass is 492 g/mol. The van der Waals surface area contributed by atoms with Gasteiger partial charge in [-0.3, -0.25) is 4.79 Å². The Morgan fingerprint density at radius 1 is 0.917 bits per heavy atom. The Morgan fingerprint density at radius 3 is 2.22 bits per heavy atom. The summed E-state index contributed by atoms with van der Waals surface area (Å²) in [5, 5.41) is 0. The van der Waals surface area contributed by atoms with Gasteiger partial charge in [0.15, 0.2) is 0 Å². The van der Waals surface area contributed by atoms with Crippen LogP contribution in [0.1, 0.15) is 69.6 Å². The van der Waals surface area contributed by atoms with Gasteiger partial charge in [0.2, 0.25) is 0 Å². The van der Waals surface area contributed by atoms with Crippen LogP contribution in [0.15, 0.2) is 60.7 Å². The molecule has 36 heavy (non-hydrogen) atoms. The molecule has 0 radical (unpaired) electrons. The summed E-state index contributed by atoms with van der Waals surface area (Å²) in [5.41, 5.74) is 4.27. The van der Waals surface area contributed by atoms with Crippen LogP contribution < -0.4 is 9.47 Å². The zero-order valence-corrected chi connectivity index (χ0v) is 22.2. The van der Waals surface area contributed by atoms with Crippen LogP contribution in [0.2, 0.25) is 0 Å². The van der Waals surface area contributed by atoms with Crippen molar-refractivity contribution in [3.8, 4) is 22.6 Å². The molecule has 0 unspecified atom stereocenters. The lowest BCUT2D eigenvalue weighted by Gasteiger charge is -2.24. The lowest BCUT2D eigenvalue weighted by Crippen LogP contribution is -2.13. The number of ether oxygens (including phenoxy) is 3. The van der Waals surface area contributed by atoms with Gasteiger partial charge in [-0.1, -0.05) is 58.4 Å². The molecule has 1 atom stereocenters. The number of benzene rings is 3. The quantitative estimate of drug-likeness (QED) is 0.271. The van der Waals surface area contributed by atoms with E-state index in [4.69, 9.17) is 14.2 Å². The maximum absolute atomic E-state index is 14.9. The molecule has 192 valence electrons. The van der Waals surface area contributed by atoms with Gasteiger partial charge in [0.25, 0.3) is 0 Å². The Morgan fingerprint density at radius 2 is 1.61 bits per heavy atom. The molecule has 0 amide bonds. The summed E-state index contributed by atoms with van der Waals surface area (Å²) in [6.45, 7) is 8.82. The second-order valence-electron chi connectivity index (χ2n) is 10.1. The highest BCUT2D eigenvalue weighted by Gasteiger charge is 2.21. The predicted molar refractivity (Wildman–Crippen MR) is 142 cm³/mol. The van der Waals surface area contributed by atoms with E-state index in [-0.39, 0.29) is 23.1 Å². The van der Waals surface area contributed by atoms with E-state index in [2.05, 4.69) is 33.8 Å². The highest BCUT2D eigenvalue weighted by molar-refractivity contribution is 5.72. The Bertz CT molecular complexity index is 1160. The Hall–Kier alpha value is -3.34. The van der Waals surface area contributed by atoms with Gasteiger partial charge in [-0.25, -0.2) is 4.39 Å². The van der Waals surface area contributed by atoms with Gasteiger partial charge in [0.05, 0.1) is 20.6 Å². The molecule has 0 aromatic heterocycles. The van der Waals surface area contributed by atoms with Crippen LogP contribution in [0.5, 0.6) is 11.5 Å². The third-order valence-corrected chi connectivity index (χ3v) is 6.39. The highest BCUT2D eigenvalue weighted by Crippen LogP contribution is 2.37. The number of methoxy groups -OCH3 is 2. The van der Waals surface area contributed by atoms with Crippen molar-refractivity contribution in [2.75, 3.05) is 14.2 Å². The maximum Gasteiger partial charge on any atom is 0.306 e. The third-order valence-electron chi connectivity index (χ3n) is 6.39. The molecule has 4 nitrogen and oxygen atoms in total. The van der Waals surface area contributed by atoms with Crippen molar-refractivity contribution >= 4 is 5.97 Å². The number of hydrogen-bond donors (Lipinski definition) is 0. The lowest BCUT2D eigenvalue weighted by molar-refractivity contribution is -0.141. The van der Waals surface area contributed by atoms with Gasteiger partial charge in [-0.05, 0) is 76.4 Å². The fourth-order valence-electron chi connectivity index (χ4n) is 4.42. The summed E-state index contributed by atoms with van der Waals surface area (Å²) in [7, 11) is 3.00. The molecule has 0 fully saturated rings. The van der Waals surface area contributed by atoms with Crippen LogP contribution in [0.25, 0.3) is 11.1 Å². The third kappa shape index (κ3) is 6.87. The number of halogens is 1. The minimum absolute atomic E-state index is 0.127. The highest BCUT2D eigenvalue weighted by atomic mass is 19.1. The van der Waals surface area contributed by atoms with E-state index >= 15 is 0 Å². The number of hydrogen-bond acceptors (Lipinski definition) is 4. The Labute approximate surface area is 214 Å². The van der Waals surface area contributed by atoms with Gasteiger partial charge in [-0.2, -0.15) is 0 Å². The van der Waals surface area contributed by atoms with E-state index < -0.39 is 0 Å². The minimum Gasteiger partial charge on any atom is -0.497 e. The first-order chi connectivity index (χ1) is 17.2. The van der Waals surface area contributed by atoms with Crippen LogP contribution in [-0.4, -0.2) is 20.2 Å². The first-order valence-corrected chi connectivity index (χ1v) is 12.4. The first kappa shape index (κ1) is 27.3. The number of esters is 1. The zero-order valence-electron chi connectivity index (χ0n) is 22.2. The molecule has 0 heterocycles. The average molecular weight is 493 g/mol. The molecule has 0 aliphatic heterocycles. The van der Waals surface area contributed by atoms with E-state index in [1.54, 1.807) is 19.2 Å². The molecule has 3 aromatic carbocycles. The van der Waals surface area contributed by atoms with Crippen LogP contribution >= 0.6 is 0 Å². The lowest BCUT2D eigenvalue weighted by atomic mass is 9.81. The summed E-state index contributed by atoms with van der Waals surface area (Å²) < 4.78 is 31.2. The van der Waals surface area contributed by atoms with E-state index in [1.807, 2.05) is 36.4 Å². The van der Waals surface area contributed by atoms with Gasteiger partial charge >= 0.3 is 5.97 Å². The zero-order chi connectivity index (χ0) is 26.3. The van der Waals surface area contributed by atoms with Crippen LogP contribution in [-0.2, 0) is 21.6 Å². The molecule has 0 spiro atoms. The van der Waals surface area contributed by atoms with E-state index in [9.17, 15) is 9.18 Å². The summed E-state index contributed by atoms with van der Waals surface area (Å²) in [4.78, 5) is 11.8. The first-order valence-electron chi connectivity index (χ1n) is 12.4. The molecule has 0 aliphatic carbocycles. The molecule has 5 heteroatoms. The molecule has 0 aliphatic rings. The van der Waals surface area contributed by atoms with E-state index in [0.717, 1.165) is 40.8 Å².